The number of hydrogen-bond donors (Lipinski definition) is 0. The Balaban J connectivity index is 0. The minimum Gasteiger partial charge on any atom is -0.550 e. The number of aliphatic carboxylic acids is 2. The summed E-state index contributed by atoms with van der Waals surface area (Å²) in [6, 6.07) is 0. The molecule has 0 saturated heterocycles. The molecule has 0 unspecified atom stereocenters. The summed E-state index contributed by atoms with van der Waals surface area (Å²) < 4.78 is 0. The average molecular weight is 218 g/mol. The molecular weight excluding hydrogens is 212 g/mol. The van der Waals surface area contributed by atoms with E-state index in [1.54, 1.807) is 0 Å². The molecule has 0 amide bonds. The van der Waals surface area contributed by atoms with Crippen molar-refractivity contribution in [3.8, 4) is 0 Å². The molecule has 0 aromatic heterocycles. The number of carboxylic acids is 2. The van der Waals surface area contributed by atoms with Gasteiger partial charge in [0.1, 0.15) is 0 Å². The summed E-state index contributed by atoms with van der Waals surface area (Å²) >= 11 is 0. The van der Waals surface area contributed by atoms with E-state index in [2.05, 4.69) is 0 Å². The average Bonchev–Trinajstić information content (AvgIpc) is 1.63. The second-order valence-corrected chi connectivity index (χ2v) is 1.60. The van der Waals surface area contributed by atoms with Crippen LogP contribution in [0.1, 0.15) is 19.3 Å². The molecule has 5 heteroatoms. The van der Waals surface area contributed by atoms with Crippen molar-refractivity contribution in [1.29, 1.82) is 0 Å². The molecule has 0 N–H and O–H groups in total. The summed E-state index contributed by atoms with van der Waals surface area (Å²) in [7, 11) is 0. The van der Waals surface area contributed by atoms with E-state index in [1.807, 2.05) is 0 Å². The van der Waals surface area contributed by atoms with Crippen LogP contribution in [-0.2, 0) is 9.59 Å². The van der Waals surface area contributed by atoms with Crippen molar-refractivity contribution < 1.29 is 19.8 Å². The molecular formula is C5H6O4Sr. The summed E-state index contributed by atoms with van der Waals surface area (Å²) in [5, 5.41) is 19.3. The first-order valence-electron chi connectivity index (χ1n) is 2.52. The van der Waals surface area contributed by atoms with Crippen LogP contribution in [0.5, 0.6) is 0 Å². The third kappa shape index (κ3) is 11.2. The maximum Gasteiger partial charge on any atom is 2.00 e. The first-order valence-corrected chi connectivity index (χ1v) is 2.52. The molecule has 4 nitrogen and oxygen atoms in total. The van der Waals surface area contributed by atoms with Gasteiger partial charge < -0.3 is 19.8 Å². The topological polar surface area (TPSA) is 80.3 Å². The van der Waals surface area contributed by atoms with Crippen LogP contribution in [-0.4, -0.2) is 57.4 Å². The largest absolute Gasteiger partial charge is 2.00 e. The predicted octanol–water partition coefficient (Wildman–Crippen LogP) is -2.72. The van der Waals surface area contributed by atoms with Crippen molar-refractivity contribution in [2.45, 2.75) is 19.3 Å². The fourth-order valence-electron chi connectivity index (χ4n) is 0.377. The van der Waals surface area contributed by atoms with Crippen LogP contribution >= 0.6 is 0 Å². The van der Waals surface area contributed by atoms with E-state index in [0.29, 0.717) is 0 Å². The molecule has 0 aromatic carbocycles. The molecule has 0 atom stereocenters. The van der Waals surface area contributed by atoms with Crippen molar-refractivity contribution in [2.75, 3.05) is 0 Å². The van der Waals surface area contributed by atoms with Gasteiger partial charge in [-0.3, -0.25) is 0 Å². The van der Waals surface area contributed by atoms with Gasteiger partial charge in [-0.1, -0.05) is 0 Å². The van der Waals surface area contributed by atoms with Gasteiger partial charge in [0.15, 0.2) is 0 Å². The first kappa shape index (κ1) is 13.0. The molecule has 0 saturated carbocycles. The van der Waals surface area contributed by atoms with Crippen LogP contribution in [0.4, 0.5) is 0 Å². The van der Waals surface area contributed by atoms with Crippen molar-refractivity contribution in [3.63, 3.8) is 0 Å². The van der Waals surface area contributed by atoms with E-state index in [-0.39, 0.29) is 64.7 Å². The van der Waals surface area contributed by atoms with E-state index >= 15 is 0 Å². The Morgan fingerprint density at radius 1 is 1.00 bits per heavy atom. The van der Waals surface area contributed by atoms with E-state index in [0.717, 1.165) is 0 Å². The monoisotopic (exact) mass is 218 g/mol. The molecule has 0 spiro atoms. The van der Waals surface area contributed by atoms with Crippen molar-refractivity contribution in [3.05, 3.63) is 0 Å². The number of hydrogen-bond acceptors (Lipinski definition) is 4. The van der Waals surface area contributed by atoms with Crippen molar-refractivity contribution in [2.24, 2.45) is 0 Å². The molecule has 0 fully saturated rings. The Hall–Kier alpha value is 0.421. The van der Waals surface area contributed by atoms with Gasteiger partial charge in [0.25, 0.3) is 0 Å². The number of carbonyl (C=O) groups excluding carboxylic acids is 2. The molecule has 0 rings (SSSR count). The molecule has 0 heterocycles. The summed E-state index contributed by atoms with van der Waals surface area (Å²) in [5.74, 6) is -2.45. The van der Waals surface area contributed by atoms with Crippen LogP contribution in [0.25, 0.3) is 0 Å². The maximum absolute atomic E-state index is 9.66. The summed E-state index contributed by atoms with van der Waals surface area (Å²) in [6.07, 6.45) is -0.341. The maximum atomic E-state index is 9.66. The van der Waals surface area contributed by atoms with Crippen LogP contribution in [0.3, 0.4) is 0 Å². The third-order valence-corrected chi connectivity index (χ3v) is 0.762. The van der Waals surface area contributed by atoms with Gasteiger partial charge in [-0.15, -0.1) is 0 Å². The van der Waals surface area contributed by atoms with Gasteiger partial charge in [0, 0.05) is 11.9 Å². The van der Waals surface area contributed by atoms with Crippen LogP contribution in [0, 0.1) is 0 Å². The van der Waals surface area contributed by atoms with E-state index < -0.39 is 11.9 Å². The fourth-order valence-corrected chi connectivity index (χ4v) is 0.377. The second-order valence-electron chi connectivity index (χ2n) is 1.60. The zero-order valence-corrected chi connectivity index (χ0v) is 8.94. The zero-order chi connectivity index (χ0) is 7.28. The third-order valence-electron chi connectivity index (χ3n) is 0.762. The Morgan fingerprint density at radius 2 is 1.30 bits per heavy atom. The van der Waals surface area contributed by atoms with Crippen LogP contribution in [0.2, 0.25) is 0 Å². The fraction of sp³-hybridized carbons (Fsp3) is 0.600. The van der Waals surface area contributed by atoms with Crippen LogP contribution in [0.15, 0.2) is 0 Å². The van der Waals surface area contributed by atoms with Gasteiger partial charge >= 0.3 is 45.5 Å². The SMILES string of the molecule is O=C([O-])CCCC(=O)[O-].[Sr+2]. The minimum absolute atomic E-state index is 0. The molecule has 0 aromatic rings. The minimum atomic E-state index is -1.23. The Labute approximate surface area is 95.5 Å². The molecule has 0 bridgehead atoms. The Bertz CT molecular complexity index is 109. The van der Waals surface area contributed by atoms with E-state index in [9.17, 15) is 19.8 Å². The van der Waals surface area contributed by atoms with Gasteiger partial charge in [-0.05, 0) is 19.3 Å². The van der Waals surface area contributed by atoms with Crippen molar-refractivity contribution in [1.82, 2.24) is 0 Å². The normalized spacial score (nSPS) is 8.00. The van der Waals surface area contributed by atoms with Gasteiger partial charge in [-0.2, -0.15) is 0 Å². The Morgan fingerprint density at radius 3 is 1.50 bits per heavy atom. The van der Waals surface area contributed by atoms with Crippen LogP contribution < -0.4 is 10.2 Å². The van der Waals surface area contributed by atoms with Gasteiger partial charge in [-0.25, -0.2) is 0 Å². The standard InChI is InChI=1S/C5H8O4.Sr/c6-4(7)2-1-3-5(8)9;/h1-3H2,(H,6,7)(H,8,9);/q;+2/p-2. The number of carbonyl (C=O) groups is 2. The molecule has 0 aliphatic rings. The smallest absolute Gasteiger partial charge is 0.550 e. The zero-order valence-electron chi connectivity index (χ0n) is 5.46. The quantitative estimate of drug-likeness (QED) is 0.479. The summed E-state index contributed by atoms with van der Waals surface area (Å²) in [4.78, 5) is 19.3. The summed E-state index contributed by atoms with van der Waals surface area (Å²) in [6.45, 7) is 0. The second kappa shape index (κ2) is 7.53. The van der Waals surface area contributed by atoms with Gasteiger partial charge in [0.05, 0.1) is 0 Å². The first-order chi connectivity index (χ1) is 4.13. The molecule has 0 radical (unpaired) electrons. The molecule has 0 aliphatic heterocycles. The number of rotatable bonds is 4. The molecule has 0 aliphatic carbocycles. The summed E-state index contributed by atoms with van der Waals surface area (Å²) in [5.41, 5.74) is 0. The van der Waals surface area contributed by atoms with Gasteiger partial charge in [0.2, 0.25) is 0 Å². The van der Waals surface area contributed by atoms with E-state index in [4.69, 9.17) is 0 Å². The van der Waals surface area contributed by atoms with Crippen molar-refractivity contribution >= 4 is 57.4 Å². The van der Waals surface area contributed by atoms with E-state index in [1.165, 1.54) is 0 Å². The molecule has 10 heavy (non-hydrogen) atoms. The predicted molar refractivity (Wildman–Crippen MR) is 29.6 cm³/mol. The Kier molecular flexibility index (Phi) is 9.82. The number of carboxylic acid groups (broad SMARTS) is 2. The molecule has 52 valence electrons.